The van der Waals surface area contributed by atoms with Crippen molar-refractivity contribution in [1.82, 2.24) is 0 Å². The molecule has 1 unspecified atom stereocenters. The van der Waals surface area contributed by atoms with Crippen molar-refractivity contribution in [3.8, 4) is 6.07 Å². The van der Waals surface area contributed by atoms with Gasteiger partial charge in [-0.05, 0) is 37.6 Å². The van der Waals surface area contributed by atoms with Crippen LogP contribution in [0, 0.1) is 11.3 Å². The van der Waals surface area contributed by atoms with E-state index in [0.717, 1.165) is 0 Å². The van der Waals surface area contributed by atoms with Crippen LogP contribution in [0.5, 0.6) is 0 Å². The lowest BCUT2D eigenvalue weighted by molar-refractivity contribution is -0.139. The zero-order chi connectivity index (χ0) is 22.1. The van der Waals surface area contributed by atoms with E-state index in [1.165, 1.54) is 13.8 Å². The molecule has 2 N–H and O–H groups in total. The number of allylic oxidation sites excluding steroid dienone is 2. The second kappa shape index (κ2) is 7.84. The summed E-state index contributed by atoms with van der Waals surface area (Å²) >= 11 is 0. The Bertz CT molecular complexity index is 1190. The smallest absolute Gasteiger partial charge is 0.338 e. The summed E-state index contributed by atoms with van der Waals surface area (Å²) in [5.74, 6) is -3.28. The number of hydrogen-bond donors (Lipinski definition) is 1. The minimum atomic E-state index is -5.21. The van der Waals surface area contributed by atoms with Crippen molar-refractivity contribution >= 4 is 26.2 Å². The molecule has 0 bridgehead atoms. The number of hydrogen-bond acceptors (Lipinski definition) is 11. The van der Waals surface area contributed by atoms with Crippen LogP contribution in [0.2, 0.25) is 0 Å². The molecule has 0 saturated heterocycles. The lowest BCUT2D eigenvalue weighted by atomic mass is 9.83. The molecule has 29 heavy (non-hydrogen) atoms. The number of carbonyl (C=O) groups is 1. The van der Waals surface area contributed by atoms with Crippen LogP contribution in [0.3, 0.4) is 0 Å². The average Bonchev–Trinajstić information content (AvgIpc) is 2.59. The van der Waals surface area contributed by atoms with E-state index in [1.54, 1.807) is 6.07 Å². The fourth-order valence-electron chi connectivity index (χ4n) is 2.80. The fraction of sp³-hybridized carbons (Fsp3) is 0.250. The van der Waals surface area contributed by atoms with Crippen LogP contribution >= 0.6 is 0 Å². The molecule has 11 nitrogen and oxygen atoms in total. The summed E-state index contributed by atoms with van der Waals surface area (Å²) in [7, 11) is -10.3. The molecule has 1 aliphatic rings. The average molecular weight is 442 g/mol. The molecule has 0 aliphatic carbocycles. The number of nitrogens with two attached hydrogens (primary N) is 1. The number of nitrogens with zero attached hydrogens (tertiary/aromatic N) is 1. The third-order valence-electron chi connectivity index (χ3n) is 3.95. The van der Waals surface area contributed by atoms with Crippen LogP contribution in [0.25, 0.3) is 0 Å². The van der Waals surface area contributed by atoms with Gasteiger partial charge in [-0.15, -0.1) is 0 Å². The number of benzene rings is 1. The molecule has 1 aromatic rings. The van der Waals surface area contributed by atoms with Gasteiger partial charge in [0.1, 0.15) is 37.6 Å². The fourth-order valence-corrected chi connectivity index (χ4v) is 4.01. The van der Waals surface area contributed by atoms with E-state index in [0.29, 0.717) is 18.2 Å². The quantitative estimate of drug-likeness (QED) is 0.480. The highest BCUT2D eigenvalue weighted by Gasteiger charge is 2.38. The summed E-state index contributed by atoms with van der Waals surface area (Å²) in [6.07, 6.45) is 0. The number of nitriles is 1. The van der Waals surface area contributed by atoms with Gasteiger partial charge in [-0.2, -0.15) is 5.26 Å². The van der Waals surface area contributed by atoms with E-state index in [9.17, 15) is 36.0 Å². The first-order valence-corrected chi connectivity index (χ1v) is 10.7. The van der Waals surface area contributed by atoms with Crippen LogP contribution in [0.15, 0.2) is 50.8 Å². The molecule has 0 saturated carbocycles. The van der Waals surface area contributed by atoms with E-state index in [4.69, 9.17) is 15.2 Å². The lowest BCUT2D eigenvalue weighted by Crippen LogP contribution is -2.26. The maximum absolute atomic E-state index is 12.5. The maximum Gasteiger partial charge on any atom is 0.338 e. The number of carbonyl (C=O) groups excluding carboxylic acids is 1. The predicted octanol–water partition coefficient (Wildman–Crippen LogP) is 0.140. The molecule has 13 heteroatoms. The minimum absolute atomic E-state index is 0.0922. The Kier molecular flexibility index (Phi) is 6.04. The van der Waals surface area contributed by atoms with Crippen LogP contribution in [0.1, 0.15) is 25.3 Å². The van der Waals surface area contributed by atoms with E-state index >= 15 is 0 Å². The Morgan fingerprint density at radius 2 is 1.90 bits per heavy atom. The molecule has 156 valence electrons. The first-order valence-electron chi connectivity index (χ1n) is 7.84. The predicted molar refractivity (Wildman–Crippen MR) is 92.4 cm³/mol. The van der Waals surface area contributed by atoms with Gasteiger partial charge in [0.05, 0.1) is 27.9 Å². The zero-order valence-electron chi connectivity index (χ0n) is 15.0. The van der Waals surface area contributed by atoms with Crippen molar-refractivity contribution in [1.29, 1.82) is 5.26 Å². The first-order chi connectivity index (χ1) is 13.3. The van der Waals surface area contributed by atoms with Crippen LogP contribution < -0.4 is 5.73 Å². The summed E-state index contributed by atoms with van der Waals surface area (Å²) in [6.45, 7) is 2.67. The molecule has 0 aromatic heterocycles. The van der Waals surface area contributed by atoms with E-state index in [-0.39, 0.29) is 17.9 Å². The molecule has 0 amide bonds. The second-order valence-electron chi connectivity index (χ2n) is 5.72. The molecule has 1 atom stereocenters. The van der Waals surface area contributed by atoms with Gasteiger partial charge in [0.2, 0.25) is 5.88 Å². The summed E-state index contributed by atoms with van der Waals surface area (Å²) in [6, 6.07) is 3.51. The topological polar surface area (TPSA) is 200 Å². The van der Waals surface area contributed by atoms with Crippen LogP contribution in [0.4, 0.5) is 0 Å². The van der Waals surface area contributed by atoms with Gasteiger partial charge < -0.3 is 24.3 Å². The van der Waals surface area contributed by atoms with Crippen LogP contribution in [-0.2, 0) is 34.5 Å². The monoisotopic (exact) mass is 442 g/mol. The van der Waals surface area contributed by atoms with Gasteiger partial charge in [-0.1, -0.05) is 0 Å². The normalized spacial score (nSPS) is 17.6. The summed E-state index contributed by atoms with van der Waals surface area (Å²) in [5, 5.41) is 9.48. The van der Waals surface area contributed by atoms with Crippen LogP contribution in [-0.4, -0.2) is 38.5 Å². The number of rotatable bonds is 5. The highest BCUT2D eigenvalue weighted by atomic mass is 32.2. The first kappa shape index (κ1) is 22.4. The Hall–Kier alpha value is -2.92. The van der Waals surface area contributed by atoms with Gasteiger partial charge in [0, 0.05) is 0 Å². The molecular weight excluding hydrogens is 428 g/mol. The standard InChI is InChI=1S/C16H16N2O9S2/c1-3-26-16(19)13-8(2)27-15(18)11(7-17)14(13)10-6-9(28(20,21)22)4-5-12(10)29(23,24)25/h4-6,14H,3,18H2,1-2H3,(H,20,21,22)(H,23,24,25)/p-2. The SMILES string of the molecule is CCOC(=O)C1=C(C)OC(N)=C(C#N)C1c1cc(S(=O)(=O)[O-])ccc1S(=O)(=O)[O-]. The van der Waals surface area contributed by atoms with Crippen molar-refractivity contribution < 1.29 is 40.2 Å². The highest BCUT2D eigenvalue weighted by Crippen LogP contribution is 2.42. The molecule has 1 aromatic carbocycles. The Morgan fingerprint density at radius 3 is 2.38 bits per heavy atom. The molecular formula is C16H14N2O9S2-2. The van der Waals surface area contributed by atoms with Crippen molar-refractivity contribution in [3.63, 3.8) is 0 Å². The Labute approximate surface area is 166 Å². The third-order valence-corrected chi connectivity index (χ3v) is 5.69. The third kappa shape index (κ3) is 4.40. The molecule has 2 rings (SSSR count). The number of esters is 1. The van der Waals surface area contributed by atoms with Crippen molar-refractivity contribution in [3.05, 3.63) is 46.6 Å². The molecule has 0 radical (unpaired) electrons. The van der Waals surface area contributed by atoms with Crippen molar-refractivity contribution in [2.45, 2.75) is 29.6 Å². The van der Waals surface area contributed by atoms with E-state index < -0.39 is 58.9 Å². The van der Waals surface area contributed by atoms with Gasteiger partial charge in [0.15, 0.2) is 0 Å². The molecule has 0 spiro atoms. The summed E-state index contributed by atoms with van der Waals surface area (Å²) < 4.78 is 79.5. The minimum Gasteiger partial charge on any atom is -0.744 e. The molecule has 1 aliphatic heterocycles. The largest absolute Gasteiger partial charge is 0.744 e. The zero-order valence-corrected chi connectivity index (χ0v) is 16.7. The number of ether oxygens (including phenoxy) is 2. The van der Waals surface area contributed by atoms with Gasteiger partial charge in [-0.3, -0.25) is 0 Å². The van der Waals surface area contributed by atoms with E-state index in [1.807, 2.05) is 0 Å². The van der Waals surface area contributed by atoms with E-state index in [2.05, 4.69) is 0 Å². The molecule has 0 fully saturated rings. The van der Waals surface area contributed by atoms with Crippen molar-refractivity contribution in [2.75, 3.05) is 6.61 Å². The van der Waals surface area contributed by atoms with Gasteiger partial charge >= 0.3 is 5.97 Å². The van der Waals surface area contributed by atoms with Gasteiger partial charge in [-0.25, -0.2) is 21.6 Å². The van der Waals surface area contributed by atoms with Crippen molar-refractivity contribution in [2.24, 2.45) is 5.73 Å². The second-order valence-corrected chi connectivity index (χ2v) is 8.45. The highest BCUT2D eigenvalue weighted by molar-refractivity contribution is 7.86. The summed E-state index contributed by atoms with van der Waals surface area (Å²) in [4.78, 5) is 10.7. The van der Waals surface area contributed by atoms with Gasteiger partial charge in [0.25, 0.3) is 0 Å². The Morgan fingerprint density at radius 1 is 1.28 bits per heavy atom. The maximum atomic E-state index is 12.5. The summed E-state index contributed by atoms with van der Waals surface area (Å²) in [5.41, 5.74) is 4.23. The lowest BCUT2D eigenvalue weighted by Gasteiger charge is -2.29. The Balaban J connectivity index is 2.97. The molecule has 1 heterocycles.